The minimum Gasteiger partial charge on any atom is -0.355 e. The number of rotatable bonds is 5. The number of carbonyl (C=O) groups is 1. The lowest BCUT2D eigenvalue weighted by molar-refractivity contribution is -0.124. The Labute approximate surface area is 128 Å². The van der Waals surface area contributed by atoms with Gasteiger partial charge in [-0.1, -0.05) is 12.8 Å². The van der Waals surface area contributed by atoms with E-state index in [1.807, 2.05) is 18.3 Å². The first kappa shape index (κ1) is 14.2. The summed E-state index contributed by atoms with van der Waals surface area (Å²) in [5.41, 5.74) is 2.08. The van der Waals surface area contributed by atoms with Gasteiger partial charge in [0.2, 0.25) is 5.91 Å². The average Bonchev–Trinajstić information content (AvgIpc) is 3.20. The first-order valence-corrected chi connectivity index (χ1v) is 8.33. The Hall–Kier alpha value is -1.75. The van der Waals surface area contributed by atoms with Crippen molar-refractivity contribution in [3.63, 3.8) is 0 Å². The van der Waals surface area contributed by atoms with Crippen molar-refractivity contribution >= 4 is 17.2 Å². The van der Waals surface area contributed by atoms with E-state index in [1.54, 1.807) is 17.5 Å². The summed E-state index contributed by atoms with van der Waals surface area (Å²) in [5.74, 6) is 0.460. The highest BCUT2D eigenvalue weighted by molar-refractivity contribution is 7.13. The predicted octanol–water partition coefficient (Wildman–Crippen LogP) is 3.05. The Morgan fingerprint density at radius 1 is 1.38 bits per heavy atom. The van der Waals surface area contributed by atoms with Gasteiger partial charge in [-0.05, 0) is 25.0 Å². The molecule has 1 aliphatic carbocycles. The fraction of sp³-hybridized carbons (Fsp3) is 0.438. The van der Waals surface area contributed by atoms with Gasteiger partial charge in [-0.25, -0.2) is 4.98 Å². The van der Waals surface area contributed by atoms with E-state index in [2.05, 4.69) is 20.7 Å². The SMILES string of the molecule is O=C(NCCc1csc(-c2cccnc2)n1)C1CCCC1. The summed E-state index contributed by atoms with van der Waals surface area (Å²) in [7, 11) is 0. The molecule has 1 aliphatic rings. The van der Waals surface area contributed by atoms with Crippen molar-refractivity contribution in [2.75, 3.05) is 6.54 Å². The first-order chi connectivity index (χ1) is 10.3. The van der Waals surface area contributed by atoms with Crippen LogP contribution in [0.25, 0.3) is 10.6 Å². The van der Waals surface area contributed by atoms with Crippen LogP contribution < -0.4 is 5.32 Å². The van der Waals surface area contributed by atoms with E-state index in [9.17, 15) is 4.79 Å². The summed E-state index contributed by atoms with van der Waals surface area (Å²) in [6, 6.07) is 3.93. The van der Waals surface area contributed by atoms with Gasteiger partial charge in [-0.2, -0.15) is 0 Å². The number of thiazole rings is 1. The Morgan fingerprint density at radius 2 is 2.24 bits per heavy atom. The summed E-state index contributed by atoms with van der Waals surface area (Å²) in [4.78, 5) is 20.6. The van der Waals surface area contributed by atoms with Crippen molar-refractivity contribution in [1.29, 1.82) is 0 Å². The molecule has 0 aliphatic heterocycles. The van der Waals surface area contributed by atoms with Crippen LogP contribution in [0.4, 0.5) is 0 Å². The molecule has 2 aromatic rings. The molecular formula is C16H19N3OS. The van der Waals surface area contributed by atoms with Crippen molar-refractivity contribution in [2.24, 2.45) is 5.92 Å². The molecule has 0 unspecified atom stereocenters. The Morgan fingerprint density at radius 3 is 3.00 bits per heavy atom. The number of nitrogens with one attached hydrogen (secondary N) is 1. The van der Waals surface area contributed by atoms with E-state index in [4.69, 9.17) is 0 Å². The molecule has 5 heteroatoms. The first-order valence-electron chi connectivity index (χ1n) is 7.45. The maximum atomic E-state index is 11.9. The third-order valence-electron chi connectivity index (χ3n) is 3.87. The number of pyridine rings is 1. The Balaban J connectivity index is 1.50. The van der Waals surface area contributed by atoms with Crippen molar-refractivity contribution in [2.45, 2.75) is 32.1 Å². The number of nitrogens with zero attached hydrogens (tertiary/aromatic N) is 2. The Bertz CT molecular complexity index is 591. The molecule has 110 valence electrons. The highest BCUT2D eigenvalue weighted by Crippen LogP contribution is 2.25. The molecule has 1 amide bonds. The zero-order valence-electron chi connectivity index (χ0n) is 11.9. The van der Waals surface area contributed by atoms with E-state index in [-0.39, 0.29) is 11.8 Å². The number of carbonyl (C=O) groups excluding carboxylic acids is 1. The zero-order chi connectivity index (χ0) is 14.5. The summed E-state index contributed by atoms with van der Waals surface area (Å²) in [5, 5.41) is 6.08. The van der Waals surface area contributed by atoms with Gasteiger partial charge in [0.1, 0.15) is 5.01 Å². The van der Waals surface area contributed by atoms with E-state index in [0.717, 1.165) is 35.5 Å². The third kappa shape index (κ3) is 3.67. The summed E-state index contributed by atoms with van der Waals surface area (Å²) < 4.78 is 0. The van der Waals surface area contributed by atoms with Crippen LogP contribution in [0.3, 0.4) is 0 Å². The average molecular weight is 301 g/mol. The third-order valence-corrected chi connectivity index (χ3v) is 4.81. The lowest BCUT2D eigenvalue weighted by Gasteiger charge is -2.09. The van der Waals surface area contributed by atoms with Crippen molar-refractivity contribution in [1.82, 2.24) is 15.3 Å². The standard InChI is InChI=1S/C16H19N3OS/c20-15(12-4-1-2-5-12)18-9-7-14-11-21-16(19-14)13-6-3-8-17-10-13/h3,6,8,10-12H,1-2,4-5,7,9H2,(H,18,20). The molecule has 1 N–H and O–H groups in total. The van der Waals surface area contributed by atoms with Crippen molar-refractivity contribution in [3.05, 3.63) is 35.6 Å². The number of aromatic nitrogens is 2. The molecule has 1 fully saturated rings. The maximum absolute atomic E-state index is 11.9. The minimum atomic E-state index is 0.218. The number of amides is 1. The molecular weight excluding hydrogens is 282 g/mol. The van der Waals surface area contributed by atoms with Gasteiger partial charge >= 0.3 is 0 Å². The van der Waals surface area contributed by atoms with E-state index >= 15 is 0 Å². The molecule has 3 rings (SSSR count). The molecule has 0 radical (unpaired) electrons. The number of hydrogen-bond donors (Lipinski definition) is 1. The van der Waals surface area contributed by atoms with Crippen molar-refractivity contribution in [3.8, 4) is 10.6 Å². The van der Waals surface area contributed by atoms with E-state index in [1.165, 1.54) is 12.8 Å². The predicted molar refractivity (Wildman–Crippen MR) is 84.0 cm³/mol. The van der Waals surface area contributed by atoms with E-state index < -0.39 is 0 Å². The van der Waals surface area contributed by atoms with Crippen LogP contribution in [0.2, 0.25) is 0 Å². The molecule has 1 saturated carbocycles. The largest absolute Gasteiger partial charge is 0.355 e. The van der Waals surface area contributed by atoms with Crippen LogP contribution in [-0.2, 0) is 11.2 Å². The molecule has 0 saturated heterocycles. The normalized spacial score (nSPS) is 15.2. The molecule has 21 heavy (non-hydrogen) atoms. The topological polar surface area (TPSA) is 54.9 Å². The summed E-state index contributed by atoms with van der Waals surface area (Å²) in [6.45, 7) is 0.672. The molecule has 4 nitrogen and oxygen atoms in total. The second kappa shape index (κ2) is 6.80. The monoisotopic (exact) mass is 301 g/mol. The highest BCUT2D eigenvalue weighted by atomic mass is 32.1. The lowest BCUT2D eigenvalue weighted by Crippen LogP contribution is -2.30. The van der Waals surface area contributed by atoms with Crippen molar-refractivity contribution < 1.29 is 4.79 Å². The molecule has 0 bridgehead atoms. The van der Waals surface area contributed by atoms with Gasteiger partial charge in [0.05, 0.1) is 5.69 Å². The molecule has 2 heterocycles. The maximum Gasteiger partial charge on any atom is 0.223 e. The van der Waals surface area contributed by atoms with Gasteiger partial charge < -0.3 is 5.32 Å². The van der Waals surface area contributed by atoms with Crippen LogP contribution in [0.15, 0.2) is 29.9 Å². The Kier molecular flexibility index (Phi) is 4.60. The fourth-order valence-corrected chi connectivity index (χ4v) is 3.53. The second-order valence-corrected chi connectivity index (χ2v) is 6.27. The molecule has 0 spiro atoms. The van der Waals surface area contributed by atoms with Gasteiger partial charge in [-0.3, -0.25) is 9.78 Å². The van der Waals surface area contributed by atoms with Crippen LogP contribution in [0.5, 0.6) is 0 Å². The van der Waals surface area contributed by atoms with Crippen LogP contribution in [0.1, 0.15) is 31.4 Å². The van der Waals surface area contributed by atoms with Gasteiger partial charge in [0, 0.05) is 42.2 Å². The minimum absolute atomic E-state index is 0.218. The lowest BCUT2D eigenvalue weighted by atomic mass is 10.1. The highest BCUT2D eigenvalue weighted by Gasteiger charge is 2.21. The quantitative estimate of drug-likeness (QED) is 0.923. The van der Waals surface area contributed by atoms with Gasteiger partial charge in [-0.15, -0.1) is 11.3 Å². The molecule has 0 atom stereocenters. The zero-order valence-corrected chi connectivity index (χ0v) is 12.7. The van der Waals surface area contributed by atoms with Crippen LogP contribution >= 0.6 is 11.3 Å². The van der Waals surface area contributed by atoms with Crippen LogP contribution in [-0.4, -0.2) is 22.4 Å². The fourth-order valence-electron chi connectivity index (χ4n) is 2.69. The summed E-state index contributed by atoms with van der Waals surface area (Å²) in [6.07, 6.45) is 8.86. The number of hydrogen-bond acceptors (Lipinski definition) is 4. The van der Waals surface area contributed by atoms with Gasteiger partial charge in [0.15, 0.2) is 0 Å². The molecule has 2 aromatic heterocycles. The smallest absolute Gasteiger partial charge is 0.223 e. The van der Waals surface area contributed by atoms with Crippen LogP contribution in [0, 0.1) is 5.92 Å². The van der Waals surface area contributed by atoms with E-state index in [0.29, 0.717) is 6.54 Å². The second-order valence-electron chi connectivity index (χ2n) is 5.41. The molecule has 0 aromatic carbocycles. The van der Waals surface area contributed by atoms with Gasteiger partial charge in [0.25, 0.3) is 0 Å². The summed E-state index contributed by atoms with van der Waals surface area (Å²) >= 11 is 1.62.